The van der Waals surface area contributed by atoms with Crippen LogP contribution in [0.4, 0.5) is 24.5 Å². The van der Waals surface area contributed by atoms with Gasteiger partial charge in [0.15, 0.2) is 0 Å². The molecule has 2 aliphatic carbocycles. The van der Waals surface area contributed by atoms with Crippen LogP contribution >= 0.6 is 0 Å². The van der Waals surface area contributed by atoms with Gasteiger partial charge in [-0.1, -0.05) is 172 Å². The second-order valence-corrected chi connectivity index (χ2v) is 22.7. The number of aromatic nitrogens is 1. The van der Waals surface area contributed by atoms with Gasteiger partial charge in [-0.3, -0.25) is 0 Å². The quantitative estimate of drug-likeness (QED) is 0.121. The predicted molar refractivity (Wildman–Crippen MR) is 325 cm³/mol. The molecule has 0 saturated heterocycles. The molecule has 0 bridgehead atoms. The van der Waals surface area contributed by atoms with E-state index in [1.165, 1.54) is 30.6 Å². The molecule has 2 aliphatic rings. The Hall–Kier alpha value is -8.23. The Labute approximate surface area is 465 Å². The molecule has 7 aromatic carbocycles. The molecular weight excluding hydrogens is 980 g/mol. The van der Waals surface area contributed by atoms with Crippen molar-refractivity contribution in [3.63, 3.8) is 0 Å². The zero-order valence-electron chi connectivity index (χ0n) is 47.3. The van der Waals surface area contributed by atoms with E-state index in [0.29, 0.717) is 50.5 Å². The predicted octanol–water partition coefficient (Wildman–Crippen LogP) is 18.5. The van der Waals surface area contributed by atoms with Crippen LogP contribution in [-0.2, 0) is 5.41 Å². The van der Waals surface area contributed by atoms with E-state index < -0.39 is 22.9 Å². The number of hydrogen-bond donors (Lipinski definition) is 2. The summed E-state index contributed by atoms with van der Waals surface area (Å²) in [6.07, 6.45) is 12.6. The molecule has 1 spiro atoms. The highest BCUT2D eigenvalue weighted by molar-refractivity contribution is 6.01. The average Bonchev–Trinajstić information content (AvgIpc) is 4.22. The van der Waals surface area contributed by atoms with Crippen LogP contribution in [0, 0.1) is 24.4 Å². The summed E-state index contributed by atoms with van der Waals surface area (Å²) < 4.78 is 57.1. The lowest BCUT2D eigenvalue weighted by molar-refractivity contribution is 0.609. The Balaban J connectivity index is 1.44. The highest BCUT2D eigenvalue weighted by Gasteiger charge is 2.49. The van der Waals surface area contributed by atoms with E-state index in [4.69, 9.17) is 11.5 Å². The van der Waals surface area contributed by atoms with Crippen molar-refractivity contribution in [3.8, 4) is 28.1 Å². The second kappa shape index (κ2) is 21.5. The van der Waals surface area contributed by atoms with Gasteiger partial charge in [-0.2, -0.15) is 0 Å². The number of nitrogens with two attached hydrogens (primary N) is 2. The van der Waals surface area contributed by atoms with Crippen LogP contribution in [0.2, 0.25) is 0 Å². The lowest BCUT2D eigenvalue weighted by atomic mass is 9.67. The molecule has 79 heavy (non-hydrogen) atoms. The smallest absolute Gasteiger partial charge is 0.132 e. The molecule has 10 rings (SSSR count). The molecule has 402 valence electrons. The number of allylic oxidation sites excluding steroid dienone is 1. The summed E-state index contributed by atoms with van der Waals surface area (Å²) in [5, 5.41) is 0. The maximum atomic E-state index is 18.7. The summed E-state index contributed by atoms with van der Waals surface area (Å²) in [7, 11) is 0. The summed E-state index contributed by atoms with van der Waals surface area (Å²) >= 11 is 0. The van der Waals surface area contributed by atoms with E-state index in [2.05, 4.69) is 141 Å². The Bertz CT molecular complexity index is 3700. The highest BCUT2D eigenvalue weighted by Crippen LogP contribution is 2.58. The topological polar surface area (TPSA) is 63.5 Å². The third-order valence-corrected chi connectivity index (χ3v) is 16.1. The Kier molecular flexibility index (Phi) is 14.8. The first kappa shape index (κ1) is 54.1. The van der Waals surface area contributed by atoms with Gasteiger partial charge in [0, 0.05) is 53.3 Å². The summed E-state index contributed by atoms with van der Waals surface area (Å²) in [6.45, 7) is 23.7. The molecule has 0 saturated carbocycles. The van der Waals surface area contributed by atoms with Crippen LogP contribution in [0.1, 0.15) is 166 Å². The lowest BCUT2D eigenvalue weighted by Crippen LogP contribution is -2.30. The van der Waals surface area contributed by atoms with E-state index in [0.717, 1.165) is 61.6 Å². The number of benzene rings is 7. The number of nitrogens with zero attached hydrogens (tertiary/aromatic N) is 3. The normalized spacial score (nSPS) is 15.6. The van der Waals surface area contributed by atoms with Crippen molar-refractivity contribution in [2.75, 3.05) is 9.80 Å². The van der Waals surface area contributed by atoms with Crippen LogP contribution in [0.3, 0.4) is 0 Å². The molecule has 5 nitrogen and oxygen atoms in total. The van der Waals surface area contributed by atoms with Crippen LogP contribution in [-0.4, -0.2) is 4.57 Å². The van der Waals surface area contributed by atoms with Crippen molar-refractivity contribution in [3.05, 3.63) is 261 Å². The number of halogens is 3. The first-order valence-electron chi connectivity index (χ1n) is 27.8. The van der Waals surface area contributed by atoms with E-state index in [9.17, 15) is 0 Å². The number of aryl methyl sites for hydroxylation is 1. The summed E-state index contributed by atoms with van der Waals surface area (Å²) in [4.78, 5) is 4.04. The van der Waals surface area contributed by atoms with Crippen LogP contribution in [0.5, 0.6) is 0 Å². The van der Waals surface area contributed by atoms with E-state index in [-0.39, 0.29) is 35.2 Å². The van der Waals surface area contributed by atoms with Gasteiger partial charge in [0.2, 0.25) is 0 Å². The largest absolute Gasteiger partial charge is 0.403 e. The fourth-order valence-electron chi connectivity index (χ4n) is 12.5. The average molecular weight is 1050 g/mol. The zero-order valence-corrected chi connectivity index (χ0v) is 47.3. The third kappa shape index (κ3) is 9.09. The van der Waals surface area contributed by atoms with Gasteiger partial charge in [-0.05, 0) is 146 Å². The van der Waals surface area contributed by atoms with Crippen molar-refractivity contribution in [1.29, 1.82) is 0 Å². The number of hydrogen-bond acceptors (Lipinski definition) is 4. The molecule has 1 aromatic heterocycles. The molecule has 0 amide bonds. The van der Waals surface area contributed by atoms with Gasteiger partial charge >= 0.3 is 0 Å². The number of anilines is 2. The minimum Gasteiger partial charge on any atom is -0.403 e. The second-order valence-electron chi connectivity index (χ2n) is 22.7. The molecule has 1 heterocycles. The van der Waals surface area contributed by atoms with Crippen LogP contribution in [0.25, 0.3) is 45.5 Å². The number of fused-ring (bicyclic) bond motifs is 8. The van der Waals surface area contributed by atoms with Crippen molar-refractivity contribution in [2.24, 2.45) is 11.5 Å². The molecule has 0 aliphatic heterocycles. The third-order valence-electron chi connectivity index (χ3n) is 16.1. The molecule has 8 heteroatoms. The molecule has 4 N–H and O–H groups in total. The van der Waals surface area contributed by atoms with E-state index >= 15 is 13.2 Å². The first-order chi connectivity index (χ1) is 37.9. The Morgan fingerprint density at radius 3 is 1.43 bits per heavy atom. The molecule has 0 fully saturated rings. The van der Waals surface area contributed by atoms with Crippen molar-refractivity contribution in [2.45, 2.75) is 111 Å². The summed E-state index contributed by atoms with van der Waals surface area (Å²) in [5.74, 6) is -1.33. The van der Waals surface area contributed by atoms with Crippen molar-refractivity contribution in [1.82, 2.24) is 4.57 Å². The molecule has 8 aromatic rings. The van der Waals surface area contributed by atoms with Gasteiger partial charge in [0.25, 0.3) is 0 Å². The lowest BCUT2D eigenvalue weighted by Gasteiger charge is -2.37. The van der Waals surface area contributed by atoms with Crippen LogP contribution < -0.4 is 21.3 Å². The number of para-hydroxylation sites is 2. The van der Waals surface area contributed by atoms with E-state index in [1.54, 1.807) is 24.4 Å². The van der Waals surface area contributed by atoms with Gasteiger partial charge in [0.05, 0.1) is 39.6 Å². The Morgan fingerprint density at radius 1 is 0.468 bits per heavy atom. The Morgan fingerprint density at radius 2 is 0.911 bits per heavy atom. The zero-order chi connectivity index (χ0) is 56.2. The fourth-order valence-corrected chi connectivity index (χ4v) is 12.5. The van der Waals surface area contributed by atoms with Gasteiger partial charge in [0.1, 0.15) is 17.5 Å². The standard InChI is InChI=1S/C71H72F3N5/c1-42(2)51-23-15-20-47(11)67(51)79-35-32-49-40-62(77(36-33-75)70-54(45(7)8)38-50(39-55(70)46(9)10)48-21-13-12-14-22-48)64-56(26-17-29-59(64)72)71(58-28-19-31-61(74)66(58)68(49)79)41-63(65-57(71)27-18-30-60(65)73)78(37-34-76)69-52(43(3)4)24-16-25-53(69)44(5)6/h12-46H,75-76H2,1-11H3/b36-33-,37-34-,62-40+/t71-/m1/s1. The van der Waals surface area contributed by atoms with Gasteiger partial charge < -0.3 is 25.8 Å². The van der Waals surface area contributed by atoms with E-state index in [1.807, 2.05) is 76.8 Å². The minimum atomic E-state index is -1.59. The maximum Gasteiger partial charge on any atom is 0.132 e. The first-order valence-corrected chi connectivity index (χ1v) is 27.8. The van der Waals surface area contributed by atoms with Crippen molar-refractivity contribution < 1.29 is 13.2 Å². The summed E-state index contributed by atoms with van der Waals surface area (Å²) in [5.41, 5.74) is 27.0. The molecular formula is C71H72F3N5. The molecule has 0 radical (unpaired) electrons. The van der Waals surface area contributed by atoms with Crippen molar-refractivity contribution >= 4 is 28.8 Å². The fraction of sp³-hybridized carbons (Fsp3) is 0.239. The molecule has 0 unspecified atom stereocenters. The minimum absolute atomic E-state index is 0.0140. The van der Waals surface area contributed by atoms with Crippen LogP contribution in [0.15, 0.2) is 177 Å². The maximum absolute atomic E-state index is 18.7. The summed E-state index contributed by atoms with van der Waals surface area (Å²) in [6, 6.07) is 44.8. The highest BCUT2D eigenvalue weighted by atomic mass is 19.1. The van der Waals surface area contributed by atoms with Gasteiger partial charge in [-0.15, -0.1) is 0 Å². The monoisotopic (exact) mass is 1050 g/mol. The number of rotatable bonds is 13. The van der Waals surface area contributed by atoms with Gasteiger partial charge in [-0.25, -0.2) is 13.2 Å². The molecule has 1 atom stereocenters. The SMILES string of the molecule is Cc1cccc(C(C)C)c1-n1ccc2c1-c1c(F)cccc1[C@]1(C=C(N(/C=C\N)c3c(C(C)C)cccc3C(C)C)c3c(F)cccc31)c1cccc(F)c1/C(N(/C=C\N)c1c(C(C)C)cc(-c3ccccc3)cc1C(C)C)=C\2.